The highest BCUT2D eigenvalue weighted by molar-refractivity contribution is 7.47. The van der Waals surface area contributed by atoms with Crippen LogP contribution in [0.2, 0.25) is 0 Å². The fraction of sp³-hybridized carbons (Fsp3) is 0.747. The minimum Gasteiger partial charge on any atom is -0.462 e. The van der Waals surface area contributed by atoms with Gasteiger partial charge >= 0.3 is 39.5 Å². The first-order valence-corrected chi connectivity index (χ1v) is 41.5. The summed E-state index contributed by atoms with van der Waals surface area (Å²) >= 11 is 0. The van der Waals surface area contributed by atoms with E-state index in [1.165, 1.54) is 109 Å². The number of hydrogen-bond acceptors (Lipinski definition) is 15. The van der Waals surface area contributed by atoms with Gasteiger partial charge in [-0.3, -0.25) is 37.3 Å². The second kappa shape index (κ2) is 71.4. The van der Waals surface area contributed by atoms with E-state index in [0.29, 0.717) is 32.1 Å². The fourth-order valence-electron chi connectivity index (χ4n) is 10.3. The van der Waals surface area contributed by atoms with Gasteiger partial charge in [0.1, 0.15) is 19.3 Å². The molecule has 0 aromatic carbocycles. The molecule has 0 saturated carbocycles. The summed E-state index contributed by atoms with van der Waals surface area (Å²) in [5.41, 5.74) is 0. The number of carbonyl (C=O) groups is 4. The Morgan fingerprint density at radius 2 is 0.531 bits per heavy atom. The number of phosphoric ester groups is 2. The molecule has 0 fully saturated rings. The molecule has 19 heteroatoms. The summed E-state index contributed by atoms with van der Waals surface area (Å²) in [4.78, 5) is 72.8. The van der Waals surface area contributed by atoms with Crippen molar-refractivity contribution in [2.45, 2.75) is 341 Å². The number of aliphatic hydroxyl groups excluding tert-OH is 1. The maximum Gasteiger partial charge on any atom is 0.472 e. The second-order valence-corrected chi connectivity index (χ2v) is 28.5. The zero-order valence-corrected chi connectivity index (χ0v) is 63.5. The van der Waals surface area contributed by atoms with Crippen molar-refractivity contribution in [3.8, 4) is 0 Å². The molecule has 0 aromatic heterocycles. The predicted molar refractivity (Wildman–Crippen MR) is 399 cm³/mol. The van der Waals surface area contributed by atoms with Gasteiger partial charge in [0.2, 0.25) is 0 Å². The average Bonchev–Trinajstić information content (AvgIpc) is 0.986. The van der Waals surface area contributed by atoms with Gasteiger partial charge in [-0.15, -0.1) is 0 Å². The summed E-state index contributed by atoms with van der Waals surface area (Å²) in [6.07, 6.45) is 74.0. The molecule has 5 unspecified atom stereocenters. The van der Waals surface area contributed by atoms with Gasteiger partial charge in [-0.25, -0.2) is 9.13 Å². The SMILES string of the molecule is CC/C=C\C/C=C\C/C=C\C/C=C\CCCCCCC(=O)OCC(COP(=O)(O)OCC(O)COP(=O)(O)OCC(COC(=O)CCCCCCCCCCCCCCCCC)OC(=O)CCCCCCCCCCCCC)OC(=O)CCCC/C=C\C/C=C\C/C=C\C/C=C\CC. The Morgan fingerprint density at radius 3 is 0.837 bits per heavy atom. The third-order valence-corrected chi connectivity index (χ3v) is 18.0. The van der Waals surface area contributed by atoms with Crippen molar-refractivity contribution in [2.24, 2.45) is 0 Å². The summed E-state index contributed by atoms with van der Waals surface area (Å²) < 4.78 is 68.4. The summed E-state index contributed by atoms with van der Waals surface area (Å²) in [6, 6.07) is 0. The Morgan fingerprint density at radius 1 is 0.296 bits per heavy atom. The predicted octanol–water partition coefficient (Wildman–Crippen LogP) is 22.0. The minimum absolute atomic E-state index is 0.0368. The molecule has 0 saturated heterocycles. The first-order valence-electron chi connectivity index (χ1n) is 38.5. The number of allylic oxidation sites excluding steroid dienone is 16. The van der Waals surface area contributed by atoms with E-state index in [-0.39, 0.29) is 25.7 Å². The van der Waals surface area contributed by atoms with Crippen LogP contribution in [0, 0.1) is 0 Å². The monoisotopic (exact) mass is 1420 g/mol. The Labute approximate surface area is 595 Å². The highest BCUT2D eigenvalue weighted by Crippen LogP contribution is 2.45. The van der Waals surface area contributed by atoms with Gasteiger partial charge in [0.05, 0.1) is 26.4 Å². The number of aliphatic hydroxyl groups is 1. The average molecular weight is 1420 g/mol. The molecular formula is C79H138O17P2. The molecule has 0 radical (unpaired) electrons. The van der Waals surface area contributed by atoms with Crippen molar-refractivity contribution in [3.05, 3.63) is 97.2 Å². The standard InChI is InChI=1S/C79H138O17P2/c1-5-9-13-17-21-25-29-32-35-36-39-41-45-48-52-56-60-64-77(82)90-70-75(96-79(84)66-62-58-54-50-46-42-38-34-31-27-23-19-15-11-7-3)72-94-98(87,88)92-68-73(80)67-91-97(85,86)93-71-74(95-78(83)65-61-57-53-49-43-28-24-20-16-12-8-4)69-89-76(81)63-59-55-51-47-44-40-37-33-30-26-22-18-14-10-6-2/h9,11,13,15,21,23,25,27,32,34-35,38-39,41,46,50,73-75,80H,5-8,10,12,14,16-20,22,24,26,28-31,33,36-37,40,42-45,47-49,51-72H2,1-4H3,(H,85,86)(H,87,88)/b13-9-,15-11-,25-21-,27-23-,35-32-,38-34-,41-39-,50-46-. The van der Waals surface area contributed by atoms with Crippen molar-refractivity contribution >= 4 is 39.5 Å². The molecule has 0 aliphatic heterocycles. The Hall–Kier alpha value is -4.02. The van der Waals surface area contributed by atoms with Gasteiger partial charge in [-0.1, -0.05) is 292 Å². The van der Waals surface area contributed by atoms with Crippen LogP contribution in [-0.4, -0.2) is 96.7 Å². The van der Waals surface area contributed by atoms with Gasteiger partial charge in [0, 0.05) is 25.7 Å². The van der Waals surface area contributed by atoms with Crippen molar-refractivity contribution in [1.82, 2.24) is 0 Å². The second-order valence-electron chi connectivity index (χ2n) is 25.5. The minimum atomic E-state index is -4.99. The van der Waals surface area contributed by atoms with Crippen LogP contribution in [0.4, 0.5) is 0 Å². The van der Waals surface area contributed by atoms with Crippen molar-refractivity contribution in [1.29, 1.82) is 0 Å². The molecule has 0 heterocycles. The van der Waals surface area contributed by atoms with Crippen LogP contribution in [0.5, 0.6) is 0 Å². The number of rotatable bonds is 72. The summed E-state index contributed by atoms with van der Waals surface area (Å²) in [5.74, 6) is -2.23. The molecule has 0 aliphatic rings. The number of carbonyl (C=O) groups excluding carboxylic acids is 4. The van der Waals surface area contributed by atoms with Crippen LogP contribution in [-0.2, 0) is 65.4 Å². The summed E-state index contributed by atoms with van der Waals surface area (Å²) in [6.45, 7) is 4.59. The lowest BCUT2D eigenvalue weighted by Gasteiger charge is -2.21. The van der Waals surface area contributed by atoms with Crippen LogP contribution in [0.15, 0.2) is 97.2 Å². The fourth-order valence-corrected chi connectivity index (χ4v) is 11.8. The molecule has 0 aliphatic carbocycles. The molecule has 5 atom stereocenters. The molecule has 566 valence electrons. The van der Waals surface area contributed by atoms with E-state index in [0.717, 1.165) is 128 Å². The highest BCUT2D eigenvalue weighted by Gasteiger charge is 2.30. The number of unbranched alkanes of at least 4 members (excludes halogenated alkanes) is 30. The van der Waals surface area contributed by atoms with Gasteiger partial charge in [0.25, 0.3) is 0 Å². The molecule has 0 amide bonds. The van der Waals surface area contributed by atoms with Crippen molar-refractivity contribution in [2.75, 3.05) is 39.6 Å². The van der Waals surface area contributed by atoms with Gasteiger partial charge in [-0.2, -0.15) is 0 Å². The topological polar surface area (TPSA) is 237 Å². The van der Waals surface area contributed by atoms with Gasteiger partial charge in [-0.05, 0) is 103 Å². The van der Waals surface area contributed by atoms with Crippen molar-refractivity contribution in [3.63, 3.8) is 0 Å². The Kier molecular flexibility index (Phi) is 68.4. The summed E-state index contributed by atoms with van der Waals surface area (Å²) in [5, 5.41) is 10.6. The van der Waals surface area contributed by atoms with E-state index in [4.69, 9.17) is 37.0 Å². The third kappa shape index (κ3) is 70.4. The molecular weight excluding hydrogens is 1280 g/mol. The molecule has 98 heavy (non-hydrogen) atoms. The van der Waals surface area contributed by atoms with E-state index in [2.05, 4.69) is 125 Å². The highest BCUT2D eigenvalue weighted by atomic mass is 31.2. The molecule has 0 bridgehead atoms. The van der Waals surface area contributed by atoms with Crippen LogP contribution in [0.25, 0.3) is 0 Å². The van der Waals surface area contributed by atoms with Crippen LogP contribution in [0.3, 0.4) is 0 Å². The largest absolute Gasteiger partial charge is 0.472 e. The van der Waals surface area contributed by atoms with E-state index in [1.807, 2.05) is 0 Å². The lowest BCUT2D eigenvalue weighted by molar-refractivity contribution is -0.161. The van der Waals surface area contributed by atoms with E-state index >= 15 is 0 Å². The zero-order chi connectivity index (χ0) is 71.8. The molecule has 0 spiro atoms. The molecule has 3 N–H and O–H groups in total. The van der Waals surface area contributed by atoms with Gasteiger partial charge < -0.3 is 33.8 Å². The summed E-state index contributed by atoms with van der Waals surface area (Å²) in [7, 11) is -9.96. The normalized spacial score (nSPS) is 14.5. The first-order chi connectivity index (χ1) is 47.7. The first kappa shape index (κ1) is 94.0. The van der Waals surface area contributed by atoms with Crippen LogP contribution >= 0.6 is 15.6 Å². The lowest BCUT2D eigenvalue weighted by atomic mass is 10.0. The Balaban J connectivity index is 5.36. The maximum absolute atomic E-state index is 13.1. The molecule has 17 nitrogen and oxygen atoms in total. The number of esters is 4. The Bertz CT molecular complexity index is 2240. The number of ether oxygens (including phenoxy) is 4. The lowest BCUT2D eigenvalue weighted by Crippen LogP contribution is -2.30. The van der Waals surface area contributed by atoms with E-state index in [9.17, 15) is 43.2 Å². The third-order valence-electron chi connectivity index (χ3n) is 16.1. The van der Waals surface area contributed by atoms with Crippen LogP contribution < -0.4 is 0 Å². The maximum atomic E-state index is 13.1. The smallest absolute Gasteiger partial charge is 0.462 e. The van der Waals surface area contributed by atoms with E-state index in [1.54, 1.807) is 0 Å². The molecule has 0 aromatic rings. The van der Waals surface area contributed by atoms with Gasteiger partial charge in [0.15, 0.2) is 12.2 Å². The quantitative estimate of drug-likeness (QED) is 0.0169. The number of hydrogen-bond donors (Lipinski definition) is 3. The van der Waals surface area contributed by atoms with Crippen molar-refractivity contribution < 1.29 is 80.2 Å². The van der Waals surface area contributed by atoms with Crippen LogP contribution in [0.1, 0.15) is 323 Å². The number of phosphoric acid groups is 2. The zero-order valence-electron chi connectivity index (χ0n) is 61.7. The molecule has 0 rings (SSSR count). The van der Waals surface area contributed by atoms with E-state index < -0.39 is 97.5 Å².